The van der Waals surface area contributed by atoms with Gasteiger partial charge < -0.3 is 5.11 Å². The van der Waals surface area contributed by atoms with Crippen LogP contribution < -0.4 is 0 Å². The minimum atomic E-state index is -0.868. The number of rotatable bonds is 8. The molecule has 1 fully saturated rings. The van der Waals surface area contributed by atoms with Crippen molar-refractivity contribution >= 4 is 17.8 Å². The van der Waals surface area contributed by atoms with Crippen LogP contribution in [0.5, 0.6) is 0 Å². The Morgan fingerprint density at radius 1 is 1.09 bits per heavy atom. The topological polar surface area (TPSA) is 77.9 Å². The standard InChI is InChI=1S/C17H26N2O4/c1-2-3-4-7-10-18-15(21)14(13-8-5-6-9-13)16(22)19(11-12-20)17(18)23/h8,14,20H,2-7,9-12H2,1H3. The number of imide groups is 2. The molecular formula is C17H26N2O4. The molecule has 128 valence electrons. The summed E-state index contributed by atoms with van der Waals surface area (Å²) in [7, 11) is 0. The molecule has 6 nitrogen and oxygen atoms in total. The number of allylic oxidation sites excluding steroid dienone is 1. The first-order chi connectivity index (χ1) is 11.1. The van der Waals surface area contributed by atoms with Crippen molar-refractivity contribution in [2.75, 3.05) is 19.7 Å². The van der Waals surface area contributed by atoms with Gasteiger partial charge in [0.05, 0.1) is 13.2 Å². The number of barbiturate groups is 1. The lowest BCUT2D eigenvalue weighted by Crippen LogP contribution is -2.60. The van der Waals surface area contributed by atoms with Gasteiger partial charge >= 0.3 is 6.03 Å². The van der Waals surface area contributed by atoms with Gasteiger partial charge in [0.2, 0.25) is 11.8 Å². The Hall–Kier alpha value is -1.69. The molecule has 6 heteroatoms. The number of amides is 4. The second kappa shape index (κ2) is 8.24. The highest BCUT2D eigenvalue weighted by Gasteiger charge is 2.46. The maximum atomic E-state index is 12.7. The van der Waals surface area contributed by atoms with Crippen LogP contribution in [0.4, 0.5) is 4.79 Å². The van der Waals surface area contributed by atoms with E-state index >= 15 is 0 Å². The summed E-state index contributed by atoms with van der Waals surface area (Å²) in [6, 6.07) is -0.583. The molecule has 0 spiro atoms. The molecule has 4 amide bonds. The van der Waals surface area contributed by atoms with Crippen molar-refractivity contribution in [2.45, 2.75) is 51.9 Å². The monoisotopic (exact) mass is 322 g/mol. The first kappa shape index (κ1) is 17.7. The molecule has 1 saturated heterocycles. The van der Waals surface area contributed by atoms with E-state index in [1.165, 1.54) is 4.90 Å². The van der Waals surface area contributed by atoms with Crippen molar-refractivity contribution in [3.63, 3.8) is 0 Å². The van der Waals surface area contributed by atoms with Crippen molar-refractivity contribution in [2.24, 2.45) is 5.92 Å². The Labute approximate surface area is 137 Å². The van der Waals surface area contributed by atoms with E-state index in [1.807, 2.05) is 6.08 Å². The molecule has 1 atom stereocenters. The van der Waals surface area contributed by atoms with Crippen molar-refractivity contribution in [3.8, 4) is 0 Å². The molecular weight excluding hydrogens is 296 g/mol. The molecule has 23 heavy (non-hydrogen) atoms. The van der Waals surface area contributed by atoms with Gasteiger partial charge in [0.1, 0.15) is 5.92 Å². The Balaban J connectivity index is 2.17. The summed E-state index contributed by atoms with van der Waals surface area (Å²) in [5.41, 5.74) is 0.828. The SMILES string of the molecule is CCCCCCN1C(=O)C(C2=CCCC2)C(=O)N(CCO)C1=O. The lowest BCUT2D eigenvalue weighted by molar-refractivity contribution is -0.147. The lowest BCUT2D eigenvalue weighted by atomic mass is 9.93. The van der Waals surface area contributed by atoms with E-state index < -0.39 is 17.9 Å². The predicted molar refractivity (Wildman–Crippen MR) is 85.5 cm³/mol. The van der Waals surface area contributed by atoms with Gasteiger partial charge in [-0.1, -0.05) is 37.8 Å². The molecule has 2 aliphatic rings. The van der Waals surface area contributed by atoms with Crippen LogP contribution in [0, 0.1) is 5.92 Å². The van der Waals surface area contributed by atoms with Crippen LogP contribution in [0.2, 0.25) is 0 Å². The quantitative estimate of drug-likeness (QED) is 0.421. The van der Waals surface area contributed by atoms with E-state index in [9.17, 15) is 14.4 Å². The van der Waals surface area contributed by atoms with E-state index in [4.69, 9.17) is 5.11 Å². The first-order valence-electron chi connectivity index (χ1n) is 8.58. The number of hydrogen-bond donors (Lipinski definition) is 1. The van der Waals surface area contributed by atoms with Crippen LogP contribution in [0.15, 0.2) is 11.6 Å². The second-order valence-corrected chi connectivity index (χ2v) is 6.15. The zero-order valence-corrected chi connectivity index (χ0v) is 13.8. The Morgan fingerprint density at radius 3 is 2.35 bits per heavy atom. The first-order valence-corrected chi connectivity index (χ1v) is 8.58. The number of β-amino-alcohol motifs (C(OH)–C–C–N with tert-alkyl or cyclic N) is 1. The number of hydrogen-bond acceptors (Lipinski definition) is 4. The number of urea groups is 1. The van der Waals surface area contributed by atoms with Crippen molar-refractivity contribution in [1.82, 2.24) is 9.80 Å². The predicted octanol–water partition coefficient (Wildman–Crippen LogP) is 2.08. The molecule has 1 N–H and O–H groups in total. The Kier molecular flexibility index (Phi) is 6.33. The van der Waals surface area contributed by atoms with Crippen LogP contribution in [0.1, 0.15) is 51.9 Å². The third-order valence-electron chi connectivity index (χ3n) is 4.49. The van der Waals surface area contributed by atoms with Crippen LogP contribution in [0.25, 0.3) is 0 Å². The lowest BCUT2D eigenvalue weighted by Gasteiger charge is -2.37. The van der Waals surface area contributed by atoms with Gasteiger partial charge in [-0.2, -0.15) is 0 Å². The highest BCUT2D eigenvalue weighted by molar-refractivity contribution is 6.17. The maximum Gasteiger partial charge on any atom is 0.333 e. The van der Waals surface area contributed by atoms with E-state index in [0.29, 0.717) is 6.54 Å². The van der Waals surface area contributed by atoms with Gasteiger partial charge in [-0.15, -0.1) is 0 Å². The fourth-order valence-corrected chi connectivity index (χ4v) is 3.24. The van der Waals surface area contributed by atoms with Crippen molar-refractivity contribution in [3.05, 3.63) is 11.6 Å². The van der Waals surface area contributed by atoms with Gasteiger partial charge in [0.25, 0.3) is 0 Å². The van der Waals surface area contributed by atoms with E-state index in [-0.39, 0.29) is 19.1 Å². The number of unbranched alkanes of at least 4 members (excludes halogenated alkanes) is 3. The number of nitrogens with zero attached hydrogens (tertiary/aromatic N) is 2. The Bertz CT molecular complexity index is 501. The summed E-state index contributed by atoms with van der Waals surface area (Å²) in [4.78, 5) is 39.9. The summed E-state index contributed by atoms with van der Waals surface area (Å²) < 4.78 is 0. The minimum absolute atomic E-state index is 0.0554. The maximum absolute atomic E-state index is 12.7. The molecule has 2 rings (SSSR count). The van der Waals surface area contributed by atoms with E-state index in [2.05, 4.69) is 6.92 Å². The summed E-state index contributed by atoms with van der Waals surface area (Å²) >= 11 is 0. The van der Waals surface area contributed by atoms with Crippen LogP contribution in [-0.2, 0) is 9.59 Å². The summed E-state index contributed by atoms with van der Waals surface area (Å²) in [5.74, 6) is -1.74. The highest BCUT2D eigenvalue weighted by atomic mass is 16.3. The molecule has 1 aliphatic carbocycles. The normalized spacial score (nSPS) is 22.1. The summed E-state index contributed by atoms with van der Waals surface area (Å²) in [6.07, 6.45) is 8.33. The third-order valence-corrected chi connectivity index (χ3v) is 4.49. The number of aliphatic hydroxyl groups excluding tert-OH is 1. The average molecular weight is 322 g/mol. The zero-order chi connectivity index (χ0) is 16.8. The Morgan fingerprint density at radius 2 is 1.78 bits per heavy atom. The molecule has 0 saturated carbocycles. The van der Waals surface area contributed by atoms with Gasteiger partial charge in [-0.3, -0.25) is 19.4 Å². The zero-order valence-electron chi connectivity index (χ0n) is 13.8. The molecule has 1 unspecified atom stereocenters. The van der Waals surface area contributed by atoms with Crippen molar-refractivity contribution < 1.29 is 19.5 Å². The number of carbonyl (C=O) groups excluding carboxylic acids is 3. The third kappa shape index (κ3) is 3.80. The van der Waals surface area contributed by atoms with Crippen LogP contribution in [-0.4, -0.2) is 52.4 Å². The molecule has 0 aromatic rings. The van der Waals surface area contributed by atoms with Gasteiger partial charge in [0, 0.05) is 6.54 Å². The molecule has 1 aliphatic heterocycles. The van der Waals surface area contributed by atoms with Crippen molar-refractivity contribution in [1.29, 1.82) is 0 Å². The van der Waals surface area contributed by atoms with Crippen LogP contribution in [0.3, 0.4) is 0 Å². The minimum Gasteiger partial charge on any atom is -0.395 e. The fraction of sp³-hybridized carbons (Fsp3) is 0.706. The van der Waals surface area contributed by atoms with Gasteiger partial charge in [0.15, 0.2) is 0 Å². The highest BCUT2D eigenvalue weighted by Crippen LogP contribution is 2.31. The molecule has 0 aromatic heterocycles. The van der Waals surface area contributed by atoms with Gasteiger partial charge in [-0.05, 0) is 25.7 Å². The molecule has 0 radical (unpaired) electrons. The fourth-order valence-electron chi connectivity index (χ4n) is 3.24. The molecule has 0 bridgehead atoms. The number of carbonyl (C=O) groups is 3. The van der Waals surface area contributed by atoms with Gasteiger partial charge in [-0.25, -0.2) is 4.79 Å². The summed E-state index contributed by atoms with van der Waals surface area (Å²) in [6.45, 7) is 2.10. The molecule has 1 heterocycles. The second-order valence-electron chi connectivity index (χ2n) is 6.15. The van der Waals surface area contributed by atoms with E-state index in [1.54, 1.807) is 0 Å². The molecule has 0 aromatic carbocycles. The average Bonchev–Trinajstić information content (AvgIpc) is 3.05. The van der Waals surface area contributed by atoms with E-state index in [0.717, 1.165) is 55.4 Å². The summed E-state index contributed by atoms with van der Waals surface area (Å²) in [5, 5.41) is 9.14. The van der Waals surface area contributed by atoms with Crippen LogP contribution >= 0.6 is 0 Å². The largest absolute Gasteiger partial charge is 0.395 e. The number of aliphatic hydroxyl groups is 1. The smallest absolute Gasteiger partial charge is 0.333 e.